The van der Waals surface area contributed by atoms with Crippen LogP contribution in [0.15, 0.2) is 46.8 Å². The Morgan fingerprint density at radius 3 is 2.67 bits per heavy atom. The van der Waals surface area contributed by atoms with E-state index in [0.29, 0.717) is 43.8 Å². The van der Waals surface area contributed by atoms with Gasteiger partial charge in [0, 0.05) is 36.7 Å². The monoisotopic (exact) mass is 410 g/mol. The number of ketones is 1. The number of hydrogen-bond acceptors (Lipinski definition) is 6. The van der Waals surface area contributed by atoms with Crippen molar-refractivity contribution < 1.29 is 23.9 Å². The Bertz CT molecular complexity index is 945. The van der Waals surface area contributed by atoms with Crippen LogP contribution in [-0.2, 0) is 19.1 Å². The standard InChI is InChI=1S/C23H26N2O5/c1-3-13-30-15-9-7-14(8-10-15)18-19-16(5-4-6-17(19)26)25-12-11-24-22(27)21(25)20(18)23(28)29-2/h7-10,18H,3-6,11-13H2,1-2H3,(H,24,27)/t18-/m1/s1. The highest BCUT2D eigenvalue weighted by Crippen LogP contribution is 2.46. The maximum Gasteiger partial charge on any atom is 0.337 e. The van der Waals surface area contributed by atoms with Crippen LogP contribution in [-0.4, -0.2) is 49.4 Å². The minimum atomic E-state index is -0.629. The van der Waals surface area contributed by atoms with Crippen molar-refractivity contribution in [3.63, 3.8) is 0 Å². The maximum absolute atomic E-state index is 13.0. The number of rotatable bonds is 5. The smallest absolute Gasteiger partial charge is 0.337 e. The van der Waals surface area contributed by atoms with Crippen molar-refractivity contribution in [3.8, 4) is 5.75 Å². The molecule has 0 aromatic heterocycles. The van der Waals surface area contributed by atoms with Crippen LogP contribution in [0.1, 0.15) is 44.1 Å². The molecule has 0 radical (unpaired) electrons. The molecule has 1 saturated heterocycles. The lowest BCUT2D eigenvalue weighted by Crippen LogP contribution is -2.50. The summed E-state index contributed by atoms with van der Waals surface area (Å²) >= 11 is 0. The Labute approximate surface area is 175 Å². The third-order valence-electron chi connectivity index (χ3n) is 5.78. The summed E-state index contributed by atoms with van der Waals surface area (Å²) in [4.78, 5) is 40.6. The molecular weight excluding hydrogens is 384 g/mol. The maximum atomic E-state index is 13.0. The van der Waals surface area contributed by atoms with Gasteiger partial charge < -0.3 is 19.7 Å². The molecule has 158 valence electrons. The van der Waals surface area contributed by atoms with Crippen LogP contribution in [0.2, 0.25) is 0 Å². The number of nitrogens with one attached hydrogen (secondary N) is 1. The highest BCUT2D eigenvalue weighted by atomic mass is 16.5. The molecular formula is C23H26N2O5. The molecule has 1 N–H and O–H groups in total. The van der Waals surface area contributed by atoms with E-state index in [4.69, 9.17) is 9.47 Å². The Kier molecular flexibility index (Phi) is 5.61. The van der Waals surface area contributed by atoms with Gasteiger partial charge in [0.15, 0.2) is 5.78 Å². The van der Waals surface area contributed by atoms with Gasteiger partial charge in [-0.3, -0.25) is 9.59 Å². The summed E-state index contributed by atoms with van der Waals surface area (Å²) in [5.74, 6) is -0.771. The molecule has 1 fully saturated rings. The third kappa shape index (κ3) is 3.38. The number of amides is 1. The number of hydrogen-bond donors (Lipinski definition) is 1. The number of Topliss-reactive ketones (excluding diaryl/α,β-unsaturated/α-hetero) is 1. The largest absolute Gasteiger partial charge is 0.494 e. The van der Waals surface area contributed by atoms with Crippen molar-refractivity contribution >= 4 is 17.7 Å². The molecule has 7 heteroatoms. The number of carbonyl (C=O) groups is 3. The van der Waals surface area contributed by atoms with Crippen molar-refractivity contribution in [2.45, 2.75) is 38.5 Å². The molecule has 4 rings (SSSR count). The molecule has 2 aliphatic heterocycles. The number of benzene rings is 1. The number of nitrogens with zero attached hydrogens (tertiary/aromatic N) is 1. The minimum absolute atomic E-state index is 0.0268. The zero-order chi connectivity index (χ0) is 21.3. The first kappa shape index (κ1) is 20.2. The lowest BCUT2D eigenvalue weighted by molar-refractivity contribution is -0.137. The molecule has 0 spiro atoms. The fourth-order valence-electron chi connectivity index (χ4n) is 4.51. The second kappa shape index (κ2) is 8.34. The molecule has 1 atom stereocenters. The van der Waals surface area contributed by atoms with Crippen LogP contribution in [0.25, 0.3) is 0 Å². The van der Waals surface area contributed by atoms with Gasteiger partial charge in [0.25, 0.3) is 5.91 Å². The summed E-state index contributed by atoms with van der Waals surface area (Å²) in [5, 5.41) is 2.83. The molecule has 1 amide bonds. The molecule has 0 saturated carbocycles. The van der Waals surface area contributed by atoms with Gasteiger partial charge in [0.1, 0.15) is 11.4 Å². The SMILES string of the molecule is CCCOc1ccc([C@@H]2C3=C(CCCC3=O)N3CCNC(=O)C3=C2C(=O)OC)cc1. The van der Waals surface area contributed by atoms with Gasteiger partial charge in [-0.25, -0.2) is 4.79 Å². The van der Waals surface area contributed by atoms with Crippen LogP contribution in [0.5, 0.6) is 5.75 Å². The Balaban J connectivity index is 1.88. The van der Waals surface area contributed by atoms with Crippen LogP contribution in [0, 0.1) is 0 Å². The van der Waals surface area contributed by atoms with Crippen molar-refractivity contribution in [2.24, 2.45) is 0 Å². The van der Waals surface area contributed by atoms with E-state index in [1.54, 1.807) is 0 Å². The topological polar surface area (TPSA) is 84.9 Å². The third-order valence-corrected chi connectivity index (χ3v) is 5.78. The summed E-state index contributed by atoms with van der Waals surface area (Å²) in [6, 6.07) is 7.40. The number of esters is 1. The van der Waals surface area contributed by atoms with Crippen molar-refractivity contribution in [3.05, 3.63) is 52.4 Å². The summed E-state index contributed by atoms with van der Waals surface area (Å²) in [6.07, 6.45) is 2.79. The van der Waals surface area contributed by atoms with Crippen molar-refractivity contribution in [2.75, 3.05) is 26.8 Å². The number of ether oxygens (including phenoxy) is 2. The van der Waals surface area contributed by atoms with E-state index in [-0.39, 0.29) is 17.3 Å². The van der Waals surface area contributed by atoms with E-state index in [9.17, 15) is 14.4 Å². The molecule has 30 heavy (non-hydrogen) atoms. The molecule has 7 nitrogen and oxygen atoms in total. The van der Waals surface area contributed by atoms with Crippen LogP contribution >= 0.6 is 0 Å². The van der Waals surface area contributed by atoms with Gasteiger partial charge in [-0.1, -0.05) is 19.1 Å². The fourth-order valence-corrected chi connectivity index (χ4v) is 4.51. The summed E-state index contributed by atoms with van der Waals surface area (Å²) in [5.41, 5.74) is 2.78. The number of piperazine rings is 1. The van der Waals surface area contributed by atoms with Gasteiger partial charge in [-0.15, -0.1) is 0 Å². The van der Waals surface area contributed by atoms with Crippen molar-refractivity contribution in [1.82, 2.24) is 10.2 Å². The summed E-state index contributed by atoms with van der Waals surface area (Å²) < 4.78 is 10.7. The van der Waals surface area contributed by atoms with E-state index >= 15 is 0 Å². The number of methoxy groups -OCH3 is 1. The van der Waals surface area contributed by atoms with Gasteiger partial charge >= 0.3 is 5.97 Å². The summed E-state index contributed by atoms with van der Waals surface area (Å²) in [7, 11) is 1.30. The highest BCUT2D eigenvalue weighted by molar-refractivity contribution is 6.09. The number of fused-ring (bicyclic) bond motifs is 2. The molecule has 1 aliphatic carbocycles. The average molecular weight is 410 g/mol. The second-order valence-electron chi connectivity index (χ2n) is 7.65. The summed E-state index contributed by atoms with van der Waals surface area (Å²) in [6.45, 7) is 3.65. The van der Waals surface area contributed by atoms with E-state index < -0.39 is 11.9 Å². The number of carbonyl (C=O) groups excluding carboxylic acids is 3. The van der Waals surface area contributed by atoms with Gasteiger partial charge in [0.2, 0.25) is 0 Å². The molecule has 1 aromatic rings. The van der Waals surface area contributed by atoms with Crippen LogP contribution in [0.3, 0.4) is 0 Å². The molecule has 1 aromatic carbocycles. The molecule has 3 aliphatic rings. The highest BCUT2D eigenvalue weighted by Gasteiger charge is 2.45. The van der Waals surface area contributed by atoms with Crippen LogP contribution in [0.4, 0.5) is 0 Å². The van der Waals surface area contributed by atoms with E-state index in [0.717, 1.165) is 29.9 Å². The Morgan fingerprint density at radius 2 is 1.97 bits per heavy atom. The van der Waals surface area contributed by atoms with Gasteiger partial charge in [-0.05, 0) is 37.0 Å². The quantitative estimate of drug-likeness (QED) is 0.751. The normalized spacial score (nSPS) is 21.1. The second-order valence-corrected chi connectivity index (χ2v) is 7.65. The molecule has 0 bridgehead atoms. The minimum Gasteiger partial charge on any atom is -0.494 e. The lowest BCUT2D eigenvalue weighted by Gasteiger charge is -2.43. The molecule has 0 unspecified atom stereocenters. The molecule has 2 heterocycles. The Morgan fingerprint density at radius 1 is 1.20 bits per heavy atom. The Hall–Kier alpha value is -3.09. The average Bonchev–Trinajstić information content (AvgIpc) is 2.77. The van der Waals surface area contributed by atoms with Gasteiger partial charge in [0.05, 0.1) is 19.3 Å². The number of allylic oxidation sites excluding steroid dienone is 2. The van der Waals surface area contributed by atoms with E-state index in [1.807, 2.05) is 36.1 Å². The van der Waals surface area contributed by atoms with Gasteiger partial charge in [-0.2, -0.15) is 0 Å². The fraction of sp³-hybridized carbons (Fsp3) is 0.435. The van der Waals surface area contributed by atoms with E-state index in [2.05, 4.69) is 5.32 Å². The lowest BCUT2D eigenvalue weighted by atomic mass is 9.74. The van der Waals surface area contributed by atoms with E-state index in [1.165, 1.54) is 7.11 Å². The zero-order valence-corrected chi connectivity index (χ0v) is 17.3. The predicted octanol–water partition coefficient (Wildman–Crippen LogP) is 2.44. The zero-order valence-electron chi connectivity index (χ0n) is 17.3. The van der Waals surface area contributed by atoms with Crippen LogP contribution < -0.4 is 10.1 Å². The predicted molar refractivity (Wildman–Crippen MR) is 110 cm³/mol. The first-order valence-corrected chi connectivity index (χ1v) is 10.4. The first-order chi connectivity index (χ1) is 14.6. The van der Waals surface area contributed by atoms with Crippen molar-refractivity contribution in [1.29, 1.82) is 0 Å². The first-order valence-electron chi connectivity index (χ1n) is 10.4.